The van der Waals surface area contributed by atoms with Gasteiger partial charge in [-0.15, -0.1) is 0 Å². The molecule has 0 radical (unpaired) electrons. The zero-order valence-electron chi connectivity index (χ0n) is 15.3. The molecule has 1 amide bonds. The fourth-order valence-electron chi connectivity index (χ4n) is 5.80. The molecule has 0 aromatic carbocycles. The predicted octanol–water partition coefficient (Wildman–Crippen LogP) is 0.802. The van der Waals surface area contributed by atoms with Gasteiger partial charge in [-0.2, -0.15) is 15.0 Å². The highest BCUT2D eigenvalue weighted by molar-refractivity contribution is 5.82. The molecule has 0 saturated heterocycles. The van der Waals surface area contributed by atoms with Crippen LogP contribution in [0.5, 0.6) is 0 Å². The Hall–Kier alpha value is -2.45. The van der Waals surface area contributed by atoms with Crippen LogP contribution in [0.3, 0.4) is 0 Å². The van der Waals surface area contributed by atoms with Crippen LogP contribution >= 0.6 is 0 Å². The van der Waals surface area contributed by atoms with Gasteiger partial charge in [-0.1, -0.05) is 0 Å². The zero-order valence-corrected chi connectivity index (χ0v) is 15.3. The average Bonchev–Trinajstić information content (AvgIpc) is 2.55. The molecule has 27 heavy (non-hydrogen) atoms. The summed E-state index contributed by atoms with van der Waals surface area (Å²) in [7, 11) is 0. The van der Waals surface area contributed by atoms with Gasteiger partial charge in [0.05, 0.1) is 0 Å². The molecule has 1 aromatic rings. The van der Waals surface area contributed by atoms with E-state index in [0.29, 0.717) is 6.42 Å². The van der Waals surface area contributed by atoms with E-state index < -0.39 is 5.97 Å². The lowest BCUT2D eigenvalue weighted by atomic mass is 9.49. The van der Waals surface area contributed by atoms with Gasteiger partial charge in [-0.05, 0) is 61.7 Å². The summed E-state index contributed by atoms with van der Waals surface area (Å²) in [5, 5.41) is 2.70. The Labute approximate surface area is 157 Å². The van der Waals surface area contributed by atoms with Crippen molar-refractivity contribution in [2.24, 2.45) is 23.2 Å². The topological polar surface area (TPSA) is 146 Å². The summed E-state index contributed by atoms with van der Waals surface area (Å²) in [5.41, 5.74) is 11.1. The van der Waals surface area contributed by atoms with Crippen molar-refractivity contribution in [3.05, 3.63) is 5.82 Å². The molecular formula is C18H26N6O3. The number of anilines is 2. The van der Waals surface area contributed by atoms with Crippen molar-refractivity contribution < 1.29 is 14.3 Å². The van der Waals surface area contributed by atoms with Crippen molar-refractivity contribution in [1.29, 1.82) is 0 Å². The molecule has 5 rings (SSSR count). The van der Waals surface area contributed by atoms with Crippen molar-refractivity contribution in [2.75, 3.05) is 18.0 Å². The second-order valence-electron chi connectivity index (χ2n) is 8.50. The maximum Gasteiger partial charge on any atom is 0.325 e. The van der Waals surface area contributed by atoms with Gasteiger partial charge in [0.1, 0.15) is 6.54 Å². The predicted molar refractivity (Wildman–Crippen MR) is 96.7 cm³/mol. The van der Waals surface area contributed by atoms with E-state index in [1.54, 1.807) is 0 Å². The Bertz CT molecular complexity index is 697. The van der Waals surface area contributed by atoms with Crippen molar-refractivity contribution in [3.8, 4) is 0 Å². The summed E-state index contributed by atoms with van der Waals surface area (Å²) >= 11 is 0. The number of carbonyl (C=O) groups excluding carboxylic acids is 2. The summed E-state index contributed by atoms with van der Waals surface area (Å²) in [4.78, 5) is 35.6. The fourth-order valence-corrected chi connectivity index (χ4v) is 5.80. The summed E-state index contributed by atoms with van der Waals surface area (Å²) in [5.74, 6) is 1.90. The van der Waals surface area contributed by atoms with Crippen molar-refractivity contribution in [2.45, 2.75) is 51.6 Å². The first kappa shape index (κ1) is 17.9. The van der Waals surface area contributed by atoms with Gasteiger partial charge >= 0.3 is 5.97 Å². The zero-order chi connectivity index (χ0) is 19.0. The van der Waals surface area contributed by atoms with Crippen LogP contribution in [-0.2, 0) is 20.9 Å². The number of nitrogen functional groups attached to an aromatic ring is 2. The Morgan fingerprint density at radius 3 is 2.11 bits per heavy atom. The van der Waals surface area contributed by atoms with E-state index in [1.165, 1.54) is 38.5 Å². The minimum Gasteiger partial charge on any atom is -0.456 e. The third-order valence-corrected chi connectivity index (χ3v) is 6.21. The van der Waals surface area contributed by atoms with Crippen molar-refractivity contribution in [3.63, 3.8) is 0 Å². The third kappa shape index (κ3) is 4.12. The normalized spacial score (nSPS) is 30.9. The molecule has 4 aliphatic rings. The minimum absolute atomic E-state index is 0.0302. The van der Waals surface area contributed by atoms with E-state index in [1.807, 2.05) is 0 Å². The van der Waals surface area contributed by atoms with E-state index >= 15 is 0 Å². The van der Waals surface area contributed by atoms with Gasteiger partial charge in [-0.25, -0.2) is 0 Å². The van der Waals surface area contributed by atoms with E-state index in [0.717, 1.165) is 17.8 Å². The van der Waals surface area contributed by atoms with Gasteiger partial charge in [0.2, 0.25) is 17.8 Å². The van der Waals surface area contributed by atoms with Crippen LogP contribution < -0.4 is 16.8 Å². The highest BCUT2D eigenvalue weighted by atomic mass is 16.5. The number of rotatable bonds is 6. The molecule has 0 aliphatic heterocycles. The van der Waals surface area contributed by atoms with Gasteiger partial charge in [0, 0.05) is 6.42 Å². The largest absolute Gasteiger partial charge is 0.456 e. The summed E-state index contributed by atoms with van der Waals surface area (Å²) < 4.78 is 5.06. The summed E-state index contributed by atoms with van der Waals surface area (Å²) in [6, 6.07) is 0. The number of amides is 1. The lowest BCUT2D eigenvalue weighted by Gasteiger charge is -2.56. The number of hydrogen-bond acceptors (Lipinski definition) is 8. The van der Waals surface area contributed by atoms with Gasteiger partial charge in [0.25, 0.3) is 0 Å². The van der Waals surface area contributed by atoms with Crippen LogP contribution in [-0.4, -0.2) is 33.4 Å². The molecule has 4 aliphatic carbocycles. The molecule has 9 nitrogen and oxygen atoms in total. The molecule has 4 saturated carbocycles. The van der Waals surface area contributed by atoms with Gasteiger partial charge < -0.3 is 21.5 Å². The first-order valence-electron chi connectivity index (χ1n) is 9.57. The molecule has 0 unspecified atom stereocenters. The Morgan fingerprint density at radius 1 is 1.00 bits per heavy atom. The van der Waals surface area contributed by atoms with Crippen LogP contribution in [0.4, 0.5) is 11.9 Å². The van der Waals surface area contributed by atoms with Crippen molar-refractivity contribution in [1.82, 2.24) is 20.3 Å². The van der Waals surface area contributed by atoms with Crippen LogP contribution in [0, 0.1) is 23.2 Å². The summed E-state index contributed by atoms with van der Waals surface area (Å²) in [6.07, 6.45) is 8.06. The third-order valence-electron chi connectivity index (χ3n) is 6.21. The number of hydrogen-bond donors (Lipinski definition) is 3. The second-order valence-corrected chi connectivity index (χ2v) is 8.50. The van der Waals surface area contributed by atoms with Gasteiger partial charge in [0.15, 0.2) is 12.4 Å². The maximum atomic E-state index is 12.4. The number of nitrogens with zero attached hydrogens (tertiary/aromatic N) is 3. The first-order valence-corrected chi connectivity index (χ1v) is 9.57. The monoisotopic (exact) mass is 374 g/mol. The number of esters is 1. The Kier molecular flexibility index (Phi) is 4.61. The molecule has 9 heteroatoms. The lowest BCUT2D eigenvalue weighted by molar-refractivity contribution is -0.146. The molecule has 1 heterocycles. The molecule has 4 fully saturated rings. The highest BCUT2D eigenvalue weighted by Crippen LogP contribution is 2.61. The van der Waals surface area contributed by atoms with E-state index in [-0.39, 0.29) is 42.2 Å². The highest BCUT2D eigenvalue weighted by Gasteiger charge is 2.51. The second kappa shape index (κ2) is 6.94. The number of aromatic nitrogens is 3. The van der Waals surface area contributed by atoms with Crippen LogP contribution in [0.2, 0.25) is 0 Å². The fraction of sp³-hybridized carbons (Fsp3) is 0.722. The number of carbonyl (C=O) groups is 2. The smallest absolute Gasteiger partial charge is 0.325 e. The van der Waals surface area contributed by atoms with Crippen LogP contribution in [0.15, 0.2) is 0 Å². The quantitative estimate of drug-likeness (QED) is 0.620. The Balaban J connectivity index is 1.23. The molecular weight excluding hydrogens is 348 g/mol. The first-order chi connectivity index (χ1) is 12.9. The molecule has 0 spiro atoms. The standard InChI is InChI=1S/C18H26N6O3/c19-16-22-13(23-17(20)24-16)9-27-15(26)8-21-14(25)7-18-4-10-1-11(5-18)3-12(2-10)6-18/h10-12H,1-9H2,(H,21,25)(H4,19,20,22,23,24). The van der Waals surface area contributed by atoms with Crippen LogP contribution in [0.1, 0.15) is 50.8 Å². The maximum absolute atomic E-state index is 12.4. The minimum atomic E-state index is -0.550. The average molecular weight is 374 g/mol. The molecule has 4 bridgehead atoms. The number of nitrogens with one attached hydrogen (secondary N) is 1. The van der Waals surface area contributed by atoms with Crippen molar-refractivity contribution >= 4 is 23.8 Å². The summed E-state index contributed by atoms with van der Waals surface area (Å²) in [6.45, 7) is -0.331. The SMILES string of the molecule is Nc1nc(N)nc(COC(=O)CNC(=O)CC23CC4CC(CC(C4)C2)C3)n1. The molecule has 5 N–H and O–H groups in total. The number of nitrogens with two attached hydrogens (primary N) is 2. The van der Waals surface area contributed by atoms with Gasteiger partial charge in [-0.3, -0.25) is 9.59 Å². The van der Waals surface area contributed by atoms with Crippen LogP contribution in [0.25, 0.3) is 0 Å². The lowest BCUT2D eigenvalue weighted by Crippen LogP contribution is -2.48. The molecule has 146 valence electrons. The van der Waals surface area contributed by atoms with E-state index in [4.69, 9.17) is 16.2 Å². The van der Waals surface area contributed by atoms with E-state index in [9.17, 15) is 9.59 Å². The van der Waals surface area contributed by atoms with E-state index in [2.05, 4.69) is 20.3 Å². The molecule has 1 aromatic heterocycles. The molecule has 0 atom stereocenters. The Morgan fingerprint density at radius 2 is 1.56 bits per heavy atom. The number of ether oxygens (including phenoxy) is 1.